The first-order valence-electron chi connectivity index (χ1n) is 8.60. The molecule has 4 nitrogen and oxygen atoms in total. The number of likely N-dealkylation sites (tertiary alicyclic amines) is 1. The van der Waals surface area contributed by atoms with E-state index < -0.39 is 5.60 Å². The second-order valence-electron chi connectivity index (χ2n) is 7.63. The van der Waals surface area contributed by atoms with Gasteiger partial charge in [0.25, 0.3) is 0 Å². The Kier molecular flexibility index (Phi) is 5.55. The summed E-state index contributed by atoms with van der Waals surface area (Å²) in [6.07, 6.45) is 1.87. The zero-order chi connectivity index (χ0) is 17.0. The van der Waals surface area contributed by atoms with Crippen LogP contribution in [0.3, 0.4) is 0 Å². The quantitative estimate of drug-likeness (QED) is 0.880. The highest BCUT2D eigenvalue weighted by Crippen LogP contribution is 2.23. The Labute approximate surface area is 140 Å². The first-order chi connectivity index (χ1) is 10.8. The minimum absolute atomic E-state index is 0.197. The van der Waals surface area contributed by atoms with Gasteiger partial charge in [-0.15, -0.1) is 0 Å². The predicted octanol–water partition coefficient (Wildman–Crippen LogP) is 4.62. The third-order valence-electron chi connectivity index (χ3n) is 4.10. The second kappa shape index (κ2) is 7.24. The zero-order valence-corrected chi connectivity index (χ0v) is 15.1. The Balaban J connectivity index is 1.94. The molecule has 23 heavy (non-hydrogen) atoms. The third-order valence-corrected chi connectivity index (χ3v) is 4.10. The summed E-state index contributed by atoms with van der Waals surface area (Å²) in [7, 11) is 0. The largest absolute Gasteiger partial charge is 0.444 e. The first kappa shape index (κ1) is 17.6. The lowest BCUT2D eigenvalue weighted by Crippen LogP contribution is -2.42. The SMILES string of the molecule is CC(C)c1cccc(NCC2CCCN2C(=O)OC(C)(C)C)c1. The number of carbonyl (C=O) groups is 1. The van der Waals surface area contributed by atoms with Crippen LogP contribution >= 0.6 is 0 Å². The summed E-state index contributed by atoms with van der Waals surface area (Å²) >= 11 is 0. The van der Waals surface area contributed by atoms with E-state index in [2.05, 4.69) is 43.4 Å². The molecule has 0 saturated carbocycles. The molecule has 1 N–H and O–H groups in total. The van der Waals surface area contributed by atoms with Crippen molar-refractivity contribution < 1.29 is 9.53 Å². The Bertz CT molecular complexity index is 534. The molecular formula is C19H30N2O2. The molecule has 1 aliphatic rings. The normalized spacial score (nSPS) is 18.3. The molecule has 1 aromatic carbocycles. The smallest absolute Gasteiger partial charge is 0.410 e. The lowest BCUT2D eigenvalue weighted by molar-refractivity contribution is 0.0235. The van der Waals surface area contributed by atoms with Gasteiger partial charge in [-0.25, -0.2) is 4.79 Å². The van der Waals surface area contributed by atoms with Crippen LogP contribution < -0.4 is 5.32 Å². The van der Waals surface area contributed by atoms with Gasteiger partial charge in [0.05, 0.1) is 6.04 Å². The highest BCUT2D eigenvalue weighted by Gasteiger charge is 2.31. The monoisotopic (exact) mass is 318 g/mol. The van der Waals surface area contributed by atoms with Crippen molar-refractivity contribution >= 4 is 11.8 Å². The topological polar surface area (TPSA) is 41.6 Å². The molecule has 1 saturated heterocycles. The fraction of sp³-hybridized carbons (Fsp3) is 0.632. The predicted molar refractivity (Wildman–Crippen MR) is 95.0 cm³/mol. The van der Waals surface area contributed by atoms with Crippen LogP contribution in [0.25, 0.3) is 0 Å². The van der Waals surface area contributed by atoms with Crippen molar-refractivity contribution in [3.05, 3.63) is 29.8 Å². The van der Waals surface area contributed by atoms with Crippen LogP contribution in [0.5, 0.6) is 0 Å². The maximum absolute atomic E-state index is 12.3. The molecular weight excluding hydrogens is 288 g/mol. The molecule has 0 aromatic heterocycles. The van der Waals surface area contributed by atoms with E-state index in [9.17, 15) is 4.79 Å². The molecule has 1 aromatic rings. The number of nitrogens with one attached hydrogen (secondary N) is 1. The molecule has 1 unspecified atom stereocenters. The van der Waals surface area contributed by atoms with Crippen LogP contribution in [-0.2, 0) is 4.74 Å². The fourth-order valence-corrected chi connectivity index (χ4v) is 2.85. The van der Waals surface area contributed by atoms with Gasteiger partial charge in [0.15, 0.2) is 0 Å². The molecule has 0 bridgehead atoms. The Morgan fingerprint density at radius 1 is 1.39 bits per heavy atom. The van der Waals surface area contributed by atoms with Gasteiger partial charge in [0, 0.05) is 18.8 Å². The summed E-state index contributed by atoms with van der Waals surface area (Å²) in [6, 6.07) is 8.71. The van der Waals surface area contributed by atoms with Crippen LogP contribution in [0, 0.1) is 0 Å². The van der Waals surface area contributed by atoms with Crippen molar-refractivity contribution in [2.24, 2.45) is 0 Å². The minimum atomic E-state index is -0.441. The molecule has 2 rings (SSSR count). The summed E-state index contributed by atoms with van der Waals surface area (Å²) in [4.78, 5) is 14.2. The Morgan fingerprint density at radius 2 is 2.13 bits per heavy atom. The van der Waals surface area contributed by atoms with Crippen LogP contribution in [-0.4, -0.2) is 35.7 Å². The number of carbonyl (C=O) groups excluding carboxylic acids is 1. The number of anilines is 1. The van der Waals surface area contributed by atoms with E-state index in [4.69, 9.17) is 4.74 Å². The number of amides is 1. The van der Waals surface area contributed by atoms with Crippen molar-refractivity contribution in [2.45, 2.75) is 65.0 Å². The summed E-state index contributed by atoms with van der Waals surface area (Å²) in [5.74, 6) is 0.515. The number of hydrogen-bond donors (Lipinski definition) is 1. The van der Waals surface area contributed by atoms with Gasteiger partial charge >= 0.3 is 6.09 Å². The summed E-state index contributed by atoms with van der Waals surface area (Å²) in [5.41, 5.74) is 2.00. The van der Waals surface area contributed by atoms with E-state index >= 15 is 0 Å². The third kappa shape index (κ3) is 5.15. The molecule has 0 spiro atoms. The maximum atomic E-state index is 12.3. The zero-order valence-electron chi connectivity index (χ0n) is 15.1. The Hall–Kier alpha value is -1.71. The van der Waals surface area contributed by atoms with Crippen LogP contribution in [0.1, 0.15) is 58.9 Å². The van der Waals surface area contributed by atoms with Gasteiger partial charge < -0.3 is 15.0 Å². The number of benzene rings is 1. The highest BCUT2D eigenvalue weighted by molar-refractivity contribution is 5.69. The molecule has 1 amide bonds. The van der Waals surface area contributed by atoms with Crippen molar-refractivity contribution in [1.82, 2.24) is 4.90 Å². The average Bonchev–Trinajstić information content (AvgIpc) is 2.92. The van der Waals surface area contributed by atoms with E-state index in [1.807, 2.05) is 25.7 Å². The van der Waals surface area contributed by atoms with Crippen molar-refractivity contribution in [3.8, 4) is 0 Å². The number of rotatable bonds is 4. The van der Waals surface area contributed by atoms with E-state index in [1.165, 1.54) is 5.56 Å². The maximum Gasteiger partial charge on any atom is 0.410 e. The van der Waals surface area contributed by atoms with E-state index in [0.717, 1.165) is 31.6 Å². The summed E-state index contributed by atoms with van der Waals surface area (Å²) < 4.78 is 5.51. The first-order valence-corrected chi connectivity index (χ1v) is 8.60. The average molecular weight is 318 g/mol. The van der Waals surface area contributed by atoms with E-state index in [0.29, 0.717) is 5.92 Å². The number of nitrogens with zero attached hydrogens (tertiary/aromatic N) is 1. The standard InChI is InChI=1S/C19H30N2O2/c1-14(2)15-8-6-9-16(12-15)20-13-17-10-7-11-21(17)18(22)23-19(3,4)5/h6,8-9,12,14,17,20H,7,10-11,13H2,1-5H3. The fourth-order valence-electron chi connectivity index (χ4n) is 2.85. The number of hydrogen-bond acceptors (Lipinski definition) is 3. The molecule has 1 aliphatic heterocycles. The van der Waals surface area contributed by atoms with Gasteiger partial charge in [-0.2, -0.15) is 0 Å². The van der Waals surface area contributed by atoms with Gasteiger partial charge in [0.2, 0.25) is 0 Å². The highest BCUT2D eigenvalue weighted by atomic mass is 16.6. The van der Waals surface area contributed by atoms with Crippen LogP contribution in [0.15, 0.2) is 24.3 Å². The Morgan fingerprint density at radius 3 is 2.78 bits per heavy atom. The molecule has 1 heterocycles. The van der Waals surface area contributed by atoms with Crippen molar-refractivity contribution in [2.75, 3.05) is 18.4 Å². The molecule has 0 aliphatic carbocycles. The minimum Gasteiger partial charge on any atom is -0.444 e. The van der Waals surface area contributed by atoms with Gasteiger partial charge in [-0.3, -0.25) is 0 Å². The van der Waals surface area contributed by atoms with Gasteiger partial charge in [-0.05, 0) is 57.2 Å². The lowest BCUT2D eigenvalue weighted by Gasteiger charge is -2.29. The van der Waals surface area contributed by atoms with Crippen molar-refractivity contribution in [1.29, 1.82) is 0 Å². The molecule has 1 atom stereocenters. The molecule has 4 heteroatoms. The van der Waals surface area contributed by atoms with Crippen molar-refractivity contribution in [3.63, 3.8) is 0 Å². The van der Waals surface area contributed by atoms with E-state index in [1.54, 1.807) is 0 Å². The summed E-state index contributed by atoms with van der Waals surface area (Å²) in [5, 5.41) is 3.48. The lowest BCUT2D eigenvalue weighted by atomic mass is 10.0. The summed E-state index contributed by atoms with van der Waals surface area (Å²) in [6.45, 7) is 11.7. The van der Waals surface area contributed by atoms with Gasteiger partial charge in [0.1, 0.15) is 5.60 Å². The second-order valence-corrected chi connectivity index (χ2v) is 7.63. The van der Waals surface area contributed by atoms with Crippen LogP contribution in [0.4, 0.5) is 10.5 Å². The van der Waals surface area contributed by atoms with Gasteiger partial charge in [-0.1, -0.05) is 26.0 Å². The molecule has 0 radical (unpaired) electrons. The molecule has 128 valence electrons. The number of ether oxygens (including phenoxy) is 1. The van der Waals surface area contributed by atoms with E-state index in [-0.39, 0.29) is 12.1 Å². The molecule has 1 fully saturated rings. The van der Waals surface area contributed by atoms with Crippen LogP contribution in [0.2, 0.25) is 0 Å².